The molecule has 0 atom stereocenters. The van der Waals surface area contributed by atoms with Crippen molar-refractivity contribution in [3.05, 3.63) is 148 Å². The number of hydrogen-bond donors (Lipinski definition) is 0. The summed E-state index contributed by atoms with van der Waals surface area (Å²) in [5.74, 6) is 0. The molecule has 61 heavy (non-hydrogen) atoms. The van der Waals surface area contributed by atoms with Gasteiger partial charge in [0.15, 0.2) is 0 Å². The lowest BCUT2D eigenvalue weighted by Crippen LogP contribution is -2.60. The van der Waals surface area contributed by atoms with Crippen LogP contribution < -0.4 is 25.5 Å². The van der Waals surface area contributed by atoms with Crippen molar-refractivity contribution in [3.63, 3.8) is 0 Å². The predicted molar refractivity (Wildman–Crippen MR) is 268 cm³/mol. The van der Waals surface area contributed by atoms with E-state index in [0.717, 1.165) is 0 Å². The smallest absolute Gasteiger partial charge is 0.264 e. The minimum atomic E-state index is -0.00390. The molecule has 0 radical (unpaired) electrons. The lowest BCUT2D eigenvalue weighted by atomic mass is 9.36. The van der Waals surface area contributed by atoms with Gasteiger partial charge in [0.25, 0.3) is 6.71 Å². The van der Waals surface area contributed by atoms with E-state index in [9.17, 15) is 0 Å². The van der Waals surface area contributed by atoms with Crippen molar-refractivity contribution in [2.24, 2.45) is 0 Å². The van der Waals surface area contributed by atoms with Crippen molar-refractivity contribution in [1.82, 2.24) is 0 Å². The highest BCUT2D eigenvalue weighted by molar-refractivity contribution is 7.33. The van der Waals surface area contributed by atoms with Crippen molar-refractivity contribution in [1.29, 1.82) is 0 Å². The third-order valence-corrected chi connectivity index (χ3v) is 15.7. The lowest BCUT2D eigenvalue weighted by Gasteiger charge is -2.44. The van der Waals surface area contributed by atoms with E-state index in [2.05, 4.69) is 209 Å². The van der Waals surface area contributed by atoms with E-state index in [0.29, 0.717) is 0 Å². The summed E-state index contributed by atoms with van der Waals surface area (Å²) >= 11 is 2.04. The van der Waals surface area contributed by atoms with Crippen LogP contribution in [0.25, 0.3) is 21.2 Å². The molecule has 7 aromatic rings. The lowest BCUT2D eigenvalue weighted by molar-refractivity contribution is 0.332. The molecule has 0 spiro atoms. The third-order valence-electron chi connectivity index (χ3n) is 14.5. The Morgan fingerprint density at radius 1 is 0.574 bits per heavy atom. The Kier molecular flexibility index (Phi) is 8.84. The number of hydrogen-bond acceptors (Lipinski definition) is 3. The fraction of sp³-hybridized carbons (Fsp3) is 0.333. The molecule has 0 N–H and O–H groups in total. The summed E-state index contributed by atoms with van der Waals surface area (Å²) in [5, 5.41) is 1.39. The first kappa shape index (κ1) is 40.0. The Hall–Kier alpha value is -5.06. The largest absolute Gasteiger partial charge is 0.311 e. The van der Waals surface area contributed by atoms with Crippen LogP contribution in [0.2, 0.25) is 0 Å². The topological polar surface area (TPSA) is 6.48 Å². The van der Waals surface area contributed by atoms with E-state index in [1.165, 1.54) is 123 Å². The summed E-state index contributed by atoms with van der Waals surface area (Å²) in [6, 6.07) is 42.9. The molecule has 10 rings (SSSR count). The molecule has 0 saturated carbocycles. The molecule has 3 heterocycles. The standard InChI is InChI=1S/C57H61BN2S/c1-34-28-48-51-49(29-34)60(46-24-18-37(30-36(46)3)41-17-15-14-16-35(41)2)47-25-21-39(55(7,8)9)31-45(47)58(51)53-52(59(48)40-22-19-38(20-23-40)54(4,5)6)42-32-43-44(33-50(42)61-53)57(12,13)27-26-56(43,10)11/h14-25,28-33H,26-27H2,1-13H3. The Morgan fingerprint density at radius 2 is 1.18 bits per heavy atom. The number of anilines is 6. The van der Waals surface area contributed by atoms with Gasteiger partial charge < -0.3 is 9.80 Å². The average molecular weight is 817 g/mol. The molecule has 2 nitrogen and oxygen atoms in total. The maximum Gasteiger partial charge on any atom is 0.264 e. The third kappa shape index (κ3) is 6.25. The van der Waals surface area contributed by atoms with Gasteiger partial charge in [0.2, 0.25) is 0 Å². The fourth-order valence-electron chi connectivity index (χ4n) is 10.8. The SMILES string of the molecule is Cc1cc2c3c(c1)N(c1ccc(C(C)(C)C)cc1)c1c(sc4cc5c(cc14)C(C)(C)CCC5(C)C)B3c1cc(C(C)(C)C)ccc1N2c1ccc(-c2ccccc2C)cc1C. The molecule has 308 valence electrons. The van der Waals surface area contributed by atoms with Crippen LogP contribution in [-0.4, -0.2) is 6.71 Å². The first-order chi connectivity index (χ1) is 28.7. The van der Waals surface area contributed by atoms with Gasteiger partial charge in [0, 0.05) is 43.3 Å². The van der Waals surface area contributed by atoms with Crippen molar-refractivity contribution < 1.29 is 0 Å². The molecule has 2 aliphatic heterocycles. The first-order valence-electron chi connectivity index (χ1n) is 22.5. The molecule has 4 heteroatoms. The first-order valence-corrected chi connectivity index (χ1v) is 23.3. The number of rotatable bonds is 3. The number of fused-ring (bicyclic) bond motifs is 7. The number of nitrogens with zero attached hydrogens (tertiary/aromatic N) is 2. The minimum Gasteiger partial charge on any atom is -0.311 e. The van der Waals surface area contributed by atoms with Crippen molar-refractivity contribution in [2.45, 2.75) is 125 Å². The molecule has 1 aromatic heterocycles. The van der Waals surface area contributed by atoms with Gasteiger partial charge in [-0.15, -0.1) is 11.3 Å². The second-order valence-corrected chi connectivity index (χ2v) is 23.0. The van der Waals surface area contributed by atoms with Gasteiger partial charge >= 0.3 is 0 Å². The quantitative estimate of drug-likeness (QED) is 0.164. The Labute approximate surface area is 369 Å². The van der Waals surface area contributed by atoms with Crippen molar-refractivity contribution in [3.8, 4) is 11.1 Å². The Bertz CT molecular complexity index is 2930. The normalized spacial score (nSPS) is 16.3. The van der Waals surface area contributed by atoms with Crippen LogP contribution in [0, 0.1) is 20.8 Å². The van der Waals surface area contributed by atoms with E-state index in [4.69, 9.17) is 0 Å². The van der Waals surface area contributed by atoms with Gasteiger partial charge in [-0.05, 0) is 171 Å². The molecule has 3 aliphatic rings. The van der Waals surface area contributed by atoms with Crippen LogP contribution in [0.3, 0.4) is 0 Å². The van der Waals surface area contributed by atoms with Crippen LogP contribution >= 0.6 is 11.3 Å². The summed E-state index contributed by atoms with van der Waals surface area (Å²) in [7, 11) is 0. The zero-order chi connectivity index (χ0) is 43.1. The Balaban J connectivity index is 1.30. The molecule has 0 amide bonds. The second-order valence-electron chi connectivity index (χ2n) is 21.9. The van der Waals surface area contributed by atoms with Gasteiger partial charge in [-0.2, -0.15) is 0 Å². The van der Waals surface area contributed by atoms with E-state index in [1.54, 1.807) is 0 Å². The van der Waals surface area contributed by atoms with Crippen LogP contribution in [0.15, 0.2) is 109 Å². The summed E-state index contributed by atoms with van der Waals surface area (Å²) in [6.07, 6.45) is 2.40. The highest BCUT2D eigenvalue weighted by atomic mass is 32.1. The molecular weight excluding hydrogens is 756 g/mol. The van der Waals surface area contributed by atoms with E-state index < -0.39 is 0 Å². The highest BCUT2D eigenvalue weighted by Gasteiger charge is 2.47. The summed E-state index contributed by atoms with van der Waals surface area (Å²) in [4.78, 5) is 5.26. The molecule has 0 unspecified atom stereocenters. The van der Waals surface area contributed by atoms with Crippen molar-refractivity contribution >= 4 is 78.0 Å². The van der Waals surface area contributed by atoms with Gasteiger partial charge in [0.1, 0.15) is 0 Å². The molecule has 0 saturated heterocycles. The Morgan fingerprint density at radius 3 is 1.82 bits per heavy atom. The maximum atomic E-state index is 2.65. The molecule has 6 aromatic carbocycles. The van der Waals surface area contributed by atoms with Gasteiger partial charge in [0.05, 0.1) is 5.69 Å². The minimum absolute atomic E-state index is 0.00390. The van der Waals surface area contributed by atoms with Crippen molar-refractivity contribution in [2.75, 3.05) is 9.80 Å². The summed E-state index contributed by atoms with van der Waals surface area (Å²) in [5.41, 5.74) is 22.9. The molecular formula is C57H61BN2S. The van der Waals surface area contributed by atoms with Crippen LogP contribution in [0.1, 0.15) is 121 Å². The number of benzene rings is 6. The summed E-state index contributed by atoms with van der Waals surface area (Å²) < 4.78 is 2.85. The maximum absolute atomic E-state index is 2.65. The van der Waals surface area contributed by atoms with E-state index in [1.807, 2.05) is 11.3 Å². The van der Waals surface area contributed by atoms with Crippen LogP contribution in [0.4, 0.5) is 34.1 Å². The fourth-order valence-corrected chi connectivity index (χ4v) is 12.1. The average Bonchev–Trinajstić information content (AvgIpc) is 3.57. The second kappa shape index (κ2) is 13.5. The van der Waals surface area contributed by atoms with Gasteiger partial charge in [-0.25, -0.2) is 0 Å². The zero-order valence-electron chi connectivity index (χ0n) is 38.7. The zero-order valence-corrected chi connectivity index (χ0v) is 39.5. The molecule has 0 fully saturated rings. The number of aryl methyl sites for hydroxylation is 3. The molecule has 0 bridgehead atoms. The van der Waals surface area contributed by atoms with E-state index >= 15 is 0 Å². The molecule has 1 aliphatic carbocycles. The van der Waals surface area contributed by atoms with Crippen LogP contribution in [0.5, 0.6) is 0 Å². The summed E-state index contributed by atoms with van der Waals surface area (Å²) in [6.45, 7) is 30.8. The van der Waals surface area contributed by atoms with E-state index in [-0.39, 0.29) is 28.4 Å². The van der Waals surface area contributed by atoms with Gasteiger partial charge in [-0.1, -0.05) is 124 Å². The monoisotopic (exact) mass is 816 g/mol. The highest BCUT2D eigenvalue weighted by Crippen LogP contribution is 2.53. The van der Waals surface area contributed by atoms with Crippen LogP contribution in [-0.2, 0) is 21.7 Å². The van der Waals surface area contributed by atoms with Gasteiger partial charge in [-0.3, -0.25) is 0 Å². The number of thiophene rings is 1. The predicted octanol–water partition coefficient (Wildman–Crippen LogP) is 14.5.